The Morgan fingerprint density at radius 2 is 1.65 bits per heavy atom. The molecule has 1 amide bonds. The van der Waals surface area contributed by atoms with Gasteiger partial charge in [0.25, 0.3) is 0 Å². The van der Waals surface area contributed by atoms with Crippen LogP contribution in [0.1, 0.15) is 64.0 Å². The van der Waals surface area contributed by atoms with Gasteiger partial charge in [0.15, 0.2) is 0 Å². The first kappa shape index (κ1) is 30.4. The molecule has 0 unspecified atom stereocenters. The van der Waals surface area contributed by atoms with Crippen LogP contribution in [-0.4, -0.2) is 81.3 Å². The van der Waals surface area contributed by atoms with Crippen LogP contribution in [0.5, 0.6) is 5.75 Å². The molecule has 2 aliphatic heterocycles. The fourth-order valence-electron chi connectivity index (χ4n) is 5.86. The van der Waals surface area contributed by atoms with E-state index in [1.165, 1.54) is 36.1 Å². The maximum absolute atomic E-state index is 12.8. The van der Waals surface area contributed by atoms with Crippen molar-refractivity contribution in [1.82, 2.24) is 9.80 Å². The van der Waals surface area contributed by atoms with Crippen molar-refractivity contribution >= 4 is 17.3 Å². The van der Waals surface area contributed by atoms with Gasteiger partial charge in [-0.1, -0.05) is 51.3 Å². The summed E-state index contributed by atoms with van der Waals surface area (Å²) in [4.78, 5) is 22.2. The summed E-state index contributed by atoms with van der Waals surface area (Å²) in [5.41, 5.74) is 4.72. The van der Waals surface area contributed by atoms with Gasteiger partial charge in [-0.3, -0.25) is 9.69 Å². The van der Waals surface area contributed by atoms with Gasteiger partial charge >= 0.3 is 0 Å². The van der Waals surface area contributed by atoms with Crippen LogP contribution >= 0.6 is 0 Å². The van der Waals surface area contributed by atoms with Gasteiger partial charge in [-0.05, 0) is 62.3 Å². The van der Waals surface area contributed by atoms with Crippen LogP contribution < -0.4 is 14.5 Å². The van der Waals surface area contributed by atoms with Gasteiger partial charge in [-0.25, -0.2) is 0 Å². The monoisotopic (exact) mass is 550 g/mol. The second kappa shape index (κ2) is 16.0. The lowest BCUT2D eigenvalue weighted by Gasteiger charge is -2.32. The summed E-state index contributed by atoms with van der Waals surface area (Å²) >= 11 is 0. The molecule has 40 heavy (non-hydrogen) atoms. The SMILES string of the molecule is CCN(CC)CCOc1ccccc1CN1CCCCCCCN(C(C)=O)c2ccc(N3CCOCC3)cc2C1. The standard InChI is InChI=1S/C33H50N4O3/c1-4-34(5-2)19-24-40-33-14-10-9-13-29(33)26-35-17-11-7-6-8-12-18-37(28(3)38)32-16-15-31(25-30(32)27-35)36-20-22-39-23-21-36/h9-10,13-16,25H,4-8,11-12,17-24,26-27H2,1-3H3. The molecule has 2 aliphatic rings. The first-order chi connectivity index (χ1) is 19.6. The second-order valence-corrected chi connectivity index (χ2v) is 11.0. The molecule has 0 aliphatic carbocycles. The molecular formula is C33H50N4O3. The fraction of sp³-hybridized carbons (Fsp3) is 0.606. The van der Waals surface area contributed by atoms with Crippen molar-refractivity contribution in [3.8, 4) is 5.75 Å². The first-order valence-electron chi connectivity index (χ1n) is 15.5. The summed E-state index contributed by atoms with van der Waals surface area (Å²) in [7, 11) is 0. The Labute approximate surface area is 242 Å². The zero-order valence-electron chi connectivity index (χ0n) is 25.1. The quantitative estimate of drug-likeness (QED) is 0.407. The number of carbonyl (C=O) groups excluding carboxylic acids is 1. The summed E-state index contributed by atoms with van der Waals surface area (Å²) in [6.45, 7) is 16.5. The van der Waals surface area contributed by atoms with Crippen LogP contribution in [0, 0.1) is 0 Å². The van der Waals surface area contributed by atoms with E-state index in [0.717, 1.165) is 96.4 Å². The van der Waals surface area contributed by atoms with Crippen molar-refractivity contribution in [3.05, 3.63) is 53.6 Å². The second-order valence-electron chi connectivity index (χ2n) is 11.0. The third-order valence-corrected chi connectivity index (χ3v) is 8.29. The molecular weight excluding hydrogens is 500 g/mol. The van der Waals surface area contributed by atoms with Crippen LogP contribution in [0.25, 0.3) is 0 Å². The van der Waals surface area contributed by atoms with Gasteiger partial charge in [0.2, 0.25) is 5.91 Å². The molecule has 2 aromatic rings. The largest absolute Gasteiger partial charge is 0.492 e. The number of likely N-dealkylation sites (N-methyl/N-ethyl adjacent to an activating group) is 1. The first-order valence-corrected chi connectivity index (χ1v) is 15.5. The van der Waals surface area contributed by atoms with E-state index in [1.807, 2.05) is 4.90 Å². The lowest BCUT2D eigenvalue weighted by atomic mass is 10.0. The van der Waals surface area contributed by atoms with E-state index in [9.17, 15) is 4.79 Å². The molecule has 2 heterocycles. The van der Waals surface area contributed by atoms with Crippen molar-refractivity contribution in [1.29, 1.82) is 0 Å². The van der Waals surface area contributed by atoms with Gasteiger partial charge in [0, 0.05) is 63.1 Å². The third-order valence-electron chi connectivity index (χ3n) is 8.29. The van der Waals surface area contributed by atoms with Crippen LogP contribution in [0.4, 0.5) is 11.4 Å². The Balaban J connectivity index is 1.60. The molecule has 4 rings (SSSR count). The molecule has 220 valence electrons. The number of ether oxygens (including phenoxy) is 2. The fourth-order valence-corrected chi connectivity index (χ4v) is 5.86. The van der Waals surface area contributed by atoms with E-state index in [4.69, 9.17) is 9.47 Å². The number of morpholine rings is 1. The Bertz CT molecular complexity index is 1050. The molecule has 0 saturated carbocycles. The van der Waals surface area contributed by atoms with Gasteiger partial charge in [-0.2, -0.15) is 0 Å². The molecule has 1 saturated heterocycles. The lowest BCUT2D eigenvalue weighted by Crippen LogP contribution is -2.36. The maximum atomic E-state index is 12.8. The number of hydrogen-bond acceptors (Lipinski definition) is 6. The molecule has 0 spiro atoms. The Kier molecular flexibility index (Phi) is 12.1. The molecule has 0 atom stereocenters. The average molecular weight is 551 g/mol. The number of nitrogens with zero attached hydrogens (tertiary/aromatic N) is 4. The van der Waals surface area contributed by atoms with Gasteiger partial charge in [-0.15, -0.1) is 0 Å². The number of para-hydroxylation sites is 1. The number of rotatable bonds is 9. The van der Waals surface area contributed by atoms with Crippen molar-refractivity contribution in [2.24, 2.45) is 0 Å². The number of anilines is 2. The number of fused-ring (bicyclic) bond motifs is 1. The number of benzene rings is 2. The minimum absolute atomic E-state index is 0.121. The lowest BCUT2D eigenvalue weighted by molar-refractivity contribution is -0.116. The molecule has 1 fully saturated rings. The van der Waals surface area contributed by atoms with Gasteiger partial charge in [0.05, 0.1) is 13.2 Å². The Morgan fingerprint density at radius 1 is 0.925 bits per heavy atom. The summed E-state index contributed by atoms with van der Waals surface area (Å²) < 4.78 is 11.9. The highest BCUT2D eigenvalue weighted by Crippen LogP contribution is 2.31. The predicted molar refractivity (Wildman–Crippen MR) is 164 cm³/mol. The predicted octanol–water partition coefficient (Wildman–Crippen LogP) is 5.56. The van der Waals surface area contributed by atoms with E-state index in [0.29, 0.717) is 6.61 Å². The van der Waals surface area contributed by atoms with Crippen LogP contribution in [0.3, 0.4) is 0 Å². The molecule has 0 bridgehead atoms. The zero-order valence-corrected chi connectivity index (χ0v) is 25.1. The smallest absolute Gasteiger partial charge is 0.223 e. The van der Waals surface area contributed by atoms with Gasteiger partial charge < -0.3 is 24.2 Å². The summed E-state index contributed by atoms with van der Waals surface area (Å²) in [6, 6.07) is 15.2. The molecule has 0 radical (unpaired) electrons. The number of carbonyl (C=O) groups is 1. The van der Waals surface area contributed by atoms with Gasteiger partial charge in [0.1, 0.15) is 12.4 Å². The van der Waals surface area contributed by atoms with E-state index in [2.05, 4.69) is 71.0 Å². The highest BCUT2D eigenvalue weighted by atomic mass is 16.5. The minimum Gasteiger partial charge on any atom is -0.492 e. The van der Waals surface area contributed by atoms with Crippen LogP contribution in [0.15, 0.2) is 42.5 Å². The van der Waals surface area contributed by atoms with E-state index < -0.39 is 0 Å². The van der Waals surface area contributed by atoms with Crippen molar-refractivity contribution in [3.63, 3.8) is 0 Å². The molecule has 0 aromatic heterocycles. The van der Waals surface area contributed by atoms with Crippen molar-refractivity contribution < 1.29 is 14.3 Å². The number of hydrogen-bond donors (Lipinski definition) is 0. The molecule has 7 nitrogen and oxygen atoms in total. The van der Waals surface area contributed by atoms with E-state index in [1.54, 1.807) is 6.92 Å². The average Bonchev–Trinajstić information content (AvgIpc) is 2.97. The molecule has 7 heteroatoms. The zero-order chi connectivity index (χ0) is 28.2. The van der Waals surface area contributed by atoms with Crippen molar-refractivity contribution in [2.75, 3.05) is 75.4 Å². The normalized spacial score (nSPS) is 17.7. The minimum atomic E-state index is 0.121. The molecule has 0 N–H and O–H groups in total. The highest BCUT2D eigenvalue weighted by molar-refractivity contribution is 5.92. The highest BCUT2D eigenvalue weighted by Gasteiger charge is 2.21. The summed E-state index contributed by atoms with van der Waals surface area (Å²) in [5, 5.41) is 0. The topological polar surface area (TPSA) is 48.5 Å². The number of amides is 1. The summed E-state index contributed by atoms with van der Waals surface area (Å²) in [6.07, 6.45) is 5.83. The third kappa shape index (κ3) is 8.69. The van der Waals surface area contributed by atoms with E-state index in [-0.39, 0.29) is 5.91 Å². The Morgan fingerprint density at radius 3 is 2.40 bits per heavy atom. The molecule has 2 aromatic carbocycles. The maximum Gasteiger partial charge on any atom is 0.223 e. The van der Waals surface area contributed by atoms with Crippen LogP contribution in [0.2, 0.25) is 0 Å². The van der Waals surface area contributed by atoms with Crippen LogP contribution in [-0.2, 0) is 22.6 Å². The van der Waals surface area contributed by atoms with Crippen molar-refractivity contribution in [2.45, 2.75) is 66.0 Å². The Hall–Kier alpha value is -2.61. The summed E-state index contributed by atoms with van der Waals surface area (Å²) in [5.74, 6) is 1.10. The van der Waals surface area contributed by atoms with E-state index >= 15 is 0 Å².